The minimum Gasteiger partial charge on any atom is -0.354 e. The smallest absolute Gasteiger partial charge is 0.151 e. The van der Waals surface area contributed by atoms with Crippen molar-refractivity contribution >= 4 is 5.82 Å². The van der Waals surface area contributed by atoms with Crippen LogP contribution < -0.4 is 4.90 Å². The summed E-state index contributed by atoms with van der Waals surface area (Å²) in [5, 5.41) is 8.52. The van der Waals surface area contributed by atoms with Crippen LogP contribution in [0.3, 0.4) is 0 Å². The van der Waals surface area contributed by atoms with Gasteiger partial charge in [0, 0.05) is 44.0 Å². The van der Waals surface area contributed by atoms with Gasteiger partial charge in [-0.25, -0.2) is 0 Å². The van der Waals surface area contributed by atoms with Gasteiger partial charge in [-0.3, -0.25) is 4.98 Å². The molecule has 1 atom stereocenters. The zero-order valence-corrected chi connectivity index (χ0v) is 14.0. The zero-order chi connectivity index (χ0) is 16.1. The van der Waals surface area contributed by atoms with Crippen molar-refractivity contribution in [2.24, 2.45) is 0 Å². The highest BCUT2D eigenvalue weighted by atomic mass is 15.3. The molecule has 2 aromatic rings. The van der Waals surface area contributed by atoms with Crippen LogP contribution in [0.4, 0.5) is 5.82 Å². The Balaban J connectivity index is 1.56. The maximum absolute atomic E-state index is 4.41. The molecule has 0 radical (unpaired) electrons. The lowest BCUT2D eigenvalue weighted by Crippen LogP contribution is -2.47. The average molecular weight is 311 g/mol. The predicted octanol–water partition coefficient (Wildman–Crippen LogP) is 2.32. The zero-order valence-electron chi connectivity index (χ0n) is 14.0. The first-order valence-electron chi connectivity index (χ1n) is 8.38. The summed E-state index contributed by atoms with van der Waals surface area (Å²) < 4.78 is 0. The molecule has 0 saturated carbocycles. The second kappa shape index (κ2) is 7.51. The van der Waals surface area contributed by atoms with Crippen molar-refractivity contribution < 1.29 is 0 Å². The fourth-order valence-corrected chi connectivity index (χ4v) is 3.10. The van der Waals surface area contributed by atoms with Crippen molar-refractivity contribution in [3.05, 3.63) is 47.9 Å². The highest BCUT2D eigenvalue weighted by Gasteiger charge is 2.24. The summed E-state index contributed by atoms with van der Waals surface area (Å²) in [6.07, 6.45) is 5.31. The topological polar surface area (TPSA) is 45.2 Å². The van der Waals surface area contributed by atoms with E-state index in [1.165, 1.54) is 12.8 Å². The molecule has 5 heteroatoms. The fourth-order valence-electron chi connectivity index (χ4n) is 3.10. The van der Waals surface area contributed by atoms with E-state index in [1.807, 2.05) is 25.3 Å². The summed E-state index contributed by atoms with van der Waals surface area (Å²) in [4.78, 5) is 9.23. The van der Waals surface area contributed by atoms with Gasteiger partial charge in [-0.1, -0.05) is 6.07 Å². The van der Waals surface area contributed by atoms with Crippen LogP contribution in [0.2, 0.25) is 0 Å². The number of rotatable bonds is 5. The van der Waals surface area contributed by atoms with Crippen LogP contribution in [0.1, 0.15) is 24.2 Å². The Kier molecular flexibility index (Phi) is 5.18. The number of aryl methyl sites for hydroxylation is 1. The molecule has 0 aliphatic carbocycles. The van der Waals surface area contributed by atoms with Crippen molar-refractivity contribution in [2.75, 3.05) is 31.6 Å². The van der Waals surface area contributed by atoms with E-state index < -0.39 is 0 Å². The molecule has 0 aromatic carbocycles. The normalized spacial score (nSPS) is 18.4. The third-order valence-electron chi connectivity index (χ3n) is 4.57. The number of pyridine rings is 1. The number of aromatic nitrogens is 3. The summed E-state index contributed by atoms with van der Waals surface area (Å²) in [5.41, 5.74) is 2.13. The molecule has 1 fully saturated rings. The second-order valence-corrected chi connectivity index (χ2v) is 6.33. The third kappa shape index (κ3) is 4.26. The second-order valence-electron chi connectivity index (χ2n) is 6.33. The number of hydrogen-bond donors (Lipinski definition) is 0. The lowest BCUT2D eigenvalue weighted by atomic mass is 10.0. The van der Waals surface area contributed by atoms with Gasteiger partial charge in [0.2, 0.25) is 0 Å². The molecule has 0 unspecified atom stereocenters. The predicted molar refractivity (Wildman–Crippen MR) is 92.6 cm³/mol. The summed E-state index contributed by atoms with van der Waals surface area (Å²) in [6.45, 7) is 5.11. The van der Waals surface area contributed by atoms with E-state index in [9.17, 15) is 0 Å². The lowest BCUT2D eigenvalue weighted by Gasteiger charge is -2.38. The quantitative estimate of drug-likeness (QED) is 0.848. The molecular weight excluding hydrogens is 286 g/mol. The Bertz CT molecular complexity index is 599. The van der Waals surface area contributed by atoms with Gasteiger partial charge in [0.15, 0.2) is 5.82 Å². The van der Waals surface area contributed by atoms with Gasteiger partial charge >= 0.3 is 0 Å². The van der Waals surface area contributed by atoms with Gasteiger partial charge in [-0.15, -0.1) is 5.10 Å². The van der Waals surface area contributed by atoms with E-state index in [2.05, 4.69) is 50.2 Å². The number of likely N-dealkylation sites (N-methyl/N-ethyl adjacent to an activating group) is 1. The van der Waals surface area contributed by atoms with Gasteiger partial charge in [-0.05, 0) is 51.1 Å². The fraction of sp³-hybridized carbons (Fsp3) is 0.500. The van der Waals surface area contributed by atoms with Gasteiger partial charge < -0.3 is 9.80 Å². The Labute approximate surface area is 138 Å². The lowest BCUT2D eigenvalue weighted by molar-refractivity contribution is 0.216. The molecule has 5 nitrogen and oxygen atoms in total. The molecule has 0 N–H and O–H groups in total. The summed E-state index contributed by atoms with van der Waals surface area (Å²) in [5.74, 6) is 0.999. The SMILES string of the molecule is Cc1ccc(N2CCC[C@H](N(C)CCc3ccccn3)C2)nn1. The molecule has 23 heavy (non-hydrogen) atoms. The van der Waals surface area contributed by atoms with Crippen LogP contribution in [0, 0.1) is 6.92 Å². The Morgan fingerprint density at radius 2 is 2.13 bits per heavy atom. The van der Waals surface area contributed by atoms with Gasteiger partial charge in [0.05, 0.1) is 5.69 Å². The third-order valence-corrected chi connectivity index (χ3v) is 4.57. The number of anilines is 1. The number of piperidine rings is 1. The summed E-state index contributed by atoms with van der Waals surface area (Å²) in [7, 11) is 2.22. The van der Waals surface area contributed by atoms with Gasteiger partial charge in [0.25, 0.3) is 0 Å². The monoisotopic (exact) mass is 311 g/mol. The number of nitrogens with zero attached hydrogens (tertiary/aromatic N) is 5. The van der Waals surface area contributed by atoms with Gasteiger partial charge in [0.1, 0.15) is 0 Å². The standard InChI is InChI=1S/C18H25N5/c1-15-8-9-18(21-20-15)23-12-5-7-17(14-23)22(2)13-10-16-6-3-4-11-19-16/h3-4,6,8-9,11,17H,5,7,10,12-14H2,1-2H3/t17-/m0/s1. The van der Waals surface area contributed by atoms with E-state index in [1.54, 1.807) is 0 Å². The Hall–Kier alpha value is -2.01. The van der Waals surface area contributed by atoms with Crippen LogP contribution in [0.15, 0.2) is 36.5 Å². The molecule has 0 spiro atoms. The van der Waals surface area contributed by atoms with E-state index >= 15 is 0 Å². The maximum Gasteiger partial charge on any atom is 0.151 e. The first kappa shape index (κ1) is 15.9. The highest BCUT2D eigenvalue weighted by molar-refractivity contribution is 5.38. The molecule has 1 saturated heterocycles. The molecule has 1 aliphatic rings. The van der Waals surface area contributed by atoms with Crippen molar-refractivity contribution in [3.63, 3.8) is 0 Å². The molecule has 3 rings (SSSR count). The van der Waals surface area contributed by atoms with Crippen LogP contribution >= 0.6 is 0 Å². The minimum atomic E-state index is 0.565. The summed E-state index contributed by atoms with van der Waals surface area (Å²) >= 11 is 0. The van der Waals surface area contributed by atoms with E-state index in [-0.39, 0.29) is 0 Å². The molecule has 3 heterocycles. The molecular formula is C18H25N5. The van der Waals surface area contributed by atoms with E-state index in [4.69, 9.17) is 0 Å². The van der Waals surface area contributed by atoms with Crippen LogP contribution in [-0.4, -0.2) is 52.8 Å². The number of hydrogen-bond acceptors (Lipinski definition) is 5. The van der Waals surface area contributed by atoms with Crippen molar-refractivity contribution in [1.82, 2.24) is 20.1 Å². The molecule has 1 aliphatic heterocycles. The van der Waals surface area contributed by atoms with E-state index in [0.717, 1.165) is 43.3 Å². The van der Waals surface area contributed by atoms with Crippen molar-refractivity contribution in [2.45, 2.75) is 32.2 Å². The van der Waals surface area contributed by atoms with Crippen LogP contribution in [-0.2, 0) is 6.42 Å². The maximum atomic E-state index is 4.41. The largest absolute Gasteiger partial charge is 0.354 e. The molecule has 122 valence electrons. The molecule has 2 aromatic heterocycles. The first-order chi connectivity index (χ1) is 11.2. The van der Waals surface area contributed by atoms with Crippen molar-refractivity contribution in [1.29, 1.82) is 0 Å². The highest BCUT2D eigenvalue weighted by Crippen LogP contribution is 2.20. The average Bonchev–Trinajstić information content (AvgIpc) is 2.61. The van der Waals surface area contributed by atoms with Crippen LogP contribution in [0.25, 0.3) is 0 Å². The summed E-state index contributed by atoms with van der Waals surface area (Å²) in [6, 6.07) is 10.8. The molecule has 0 bridgehead atoms. The Morgan fingerprint density at radius 1 is 1.22 bits per heavy atom. The van der Waals surface area contributed by atoms with Gasteiger partial charge in [-0.2, -0.15) is 5.10 Å². The Morgan fingerprint density at radius 3 is 2.87 bits per heavy atom. The van der Waals surface area contributed by atoms with Crippen molar-refractivity contribution in [3.8, 4) is 0 Å². The van der Waals surface area contributed by atoms with E-state index in [0.29, 0.717) is 6.04 Å². The molecule has 0 amide bonds. The first-order valence-corrected chi connectivity index (χ1v) is 8.38. The minimum absolute atomic E-state index is 0.565. The van der Waals surface area contributed by atoms with Crippen LogP contribution in [0.5, 0.6) is 0 Å².